The largest absolute Gasteiger partial charge is 0.502 e. The van der Waals surface area contributed by atoms with Crippen molar-refractivity contribution in [3.05, 3.63) is 93.2 Å². The second-order valence-electron chi connectivity index (χ2n) is 10.3. The van der Waals surface area contributed by atoms with Gasteiger partial charge in [0, 0.05) is 43.3 Å². The number of nitrogens with one attached hydrogen (secondary N) is 1. The van der Waals surface area contributed by atoms with Gasteiger partial charge in [0.25, 0.3) is 5.56 Å². The van der Waals surface area contributed by atoms with E-state index in [0.29, 0.717) is 6.54 Å². The third-order valence-electron chi connectivity index (χ3n) is 7.52. The predicted molar refractivity (Wildman–Crippen MR) is 145 cm³/mol. The van der Waals surface area contributed by atoms with Crippen molar-refractivity contribution in [2.75, 3.05) is 32.8 Å². The van der Waals surface area contributed by atoms with Crippen LogP contribution in [0.5, 0.6) is 5.75 Å². The number of hydrogen-bond acceptors (Lipinski definition) is 6. The van der Waals surface area contributed by atoms with Crippen molar-refractivity contribution in [3.63, 3.8) is 0 Å². The lowest BCUT2D eigenvalue weighted by Gasteiger charge is -2.26. The lowest BCUT2D eigenvalue weighted by atomic mass is 10.0. The van der Waals surface area contributed by atoms with Gasteiger partial charge >= 0.3 is 6.03 Å². The van der Waals surface area contributed by atoms with Gasteiger partial charge in [-0.1, -0.05) is 36.1 Å². The van der Waals surface area contributed by atoms with Gasteiger partial charge < -0.3 is 24.6 Å². The fourth-order valence-corrected chi connectivity index (χ4v) is 5.20. The zero-order valence-electron chi connectivity index (χ0n) is 21.7. The second-order valence-corrected chi connectivity index (χ2v) is 10.3. The van der Waals surface area contributed by atoms with Gasteiger partial charge in [0.05, 0.1) is 32.1 Å². The monoisotopic (exact) mass is 525 g/mol. The number of aromatic nitrogens is 2. The quantitative estimate of drug-likeness (QED) is 0.480. The summed E-state index contributed by atoms with van der Waals surface area (Å²) < 4.78 is 5.42. The first-order valence-corrected chi connectivity index (χ1v) is 13.4. The Balaban J connectivity index is 1.12. The molecule has 1 aromatic heterocycles. The van der Waals surface area contributed by atoms with Gasteiger partial charge in [-0.15, -0.1) is 0 Å². The Morgan fingerprint density at radius 2 is 1.62 bits per heavy atom. The number of ether oxygens (including phenoxy) is 1. The summed E-state index contributed by atoms with van der Waals surface area (Å²) in [5.74, 6) is 6.06. The molecule has 1 saturated carbocycles. The van der Waals surface area contributed by atoms with Gasteiger partial charge in [-0.05, 0) is 48.2 Å². The highest BCUT2D eigenvalue weighted by Gasteiger charge is 2.46. The molecule has 1 atom stereocenters. The van der Waals surface area contributed by atoms with Crippen LogP contribution in [0.1, 0.15) is 46.8 Å². The minimum Gasteiger partial charge on any atom is -0.502 e. The van der Waals surface area contributed by atoms with E-state index in [9.17, 15) is 14.7 Å². The van der Waals surface area contributed by atoms with Crippen molar-refractivity contribution in [1.29, 1.82) is 0 Å². The summed E-state index contributed by atoms with van der Waals surface area (Å²) in [5.41, 5.74) is 3.79. The van der Waals surface area contributed by atoms with Gasteiger partial charge in [0.1, 0.15) is 5.69 Å². The average Bonchev–Trinajstić information content (AvgIpc) is 3.75. The van der Waals surface area contributed by atoms with Crippen molar-refractivity contribution in [1.82, 2.24) is 24.7 Å². The topological polar surface area (TPSA) is 102 Å². The summed E-state index contributed by atoms with van der Waals surface area (Å²) >= 11 is 0. The zero-order valence-corrected chi connectivity index (χ0v) is 21.7. The third kappa shape index (κ3) is 5.67. The maximum atomic E-state index is 13.3. The van der Waals surface area contributed by atoms with Gasteiger partial charge in [-0.3, -0.25) is 9.69 Å². The number of carbonyl (C=O) groups excluding carboxylic acids is 1. The maximum Gasteiger partial charge on any atom is 0.321 e. The molecule has 200 valence electrons. The molecule has 6 rings (SSSR count). The average molecular weight is 526 g/mol. The van der Waals surface area contributed by atoms with Crippen LogP contribution in [0.15, 0.2) is 59.7 Å². The number of aromatic hydroxyl groups is 1. The van der Waals surface area contributed by atoms with Crippen LogP contribution < -0.4 is 5.56 Å². The molecule has 2 aliphatic heterocycles. The molecule has 39 heavy (non-hydrogen) atoms. The lowest BCUT2D eigenvalue weighted by molar-refractivity contribution is 0.0342. The van der Waals surface area contributed by atoms with E-state index in [0.717, 1.165) is 62.4 Å². The first-order chi connectivity index (χ1) is 19.0. The Labute approximate surface area is 227 Å². The molecule has 2 aromatic carbocycles. The summed E-state index contributed by atoms with van der Waals surface area (Å²) in [6.07, 6.45) is 3.21. The molecule has 2 N–H and O–H groups in total. The summed E-state index contributed by atoms with van der Waals surface area (Å²) in [5, 5.41) is 10.1. The summed E-state index contributed by atoms with van der Waals surface area (Å²) in [6, 6.07) is 16.5. The van der Waals surface area contributed by atoms with E-state index in [1.54, 1.807) is 4.90 Å². The number of urea groups is 1. The molecule has 9 nitrogen and oxygen atoms in total. The molecule has 0 spiro atoms. The van der Waals surface area contributed by atoms with Crippen LogP contribution >= 0.6 is 0 Å². The van der Waals surface area contributed by atoms with E-state index in [2.05, 4.69) is 51.0 Å². The van der Waals surface area contributed by atoms with Crippen LogP contribution in [-0.2, 0) is 17.8 Å². The fraction of sp³-hybridized carbons (Fsp3) is 0.367. The number of hydrogen-bond donors (Lipinski definition) is 2. The molecule has 3 aromatic rings. The third-order valence-corrected chi connectivity index (χ3v) is 7.52. The van der Waals surface area contributed by atoms with Crippen molar-refractivity contribution >= 4 is 6.03 Å². The Hall–Kier alpha value is -4.13. The Kier molecular flexibility index (Phi) is 7.05. The van der Waals surface area contributed by atoms with E-state index >= 15 is 0 Å². The van der Waals surface area contributed by atoms with E-state index in [1.807, 2.05) is 29.2 Å². The number of H-pyrrole nitrogens is 1. The highest BCUT2D eigenvalue weighted by Crippen LogP contribution is 2.40. The molecular weight excluding hydrogens is 494 g/mol. The number of aromatic amines is 1. The minimum absolute atomic E-state index is 0.0864. The first kappa shape index (κ1) is 25.2. The summed E-state index contributed by atoms with van der Waals surface area (Å²) in [7, 11) is 0. The van der Waals surface area contributed by atoms with Gasteiger partial charge in [-0.2, -0.15) is 0 Å². The van der Waals surface area contributed by atoms with Crippen LogP contribution in [0.25, 0.3) is 0 Å². The van der Waals surface area contributed by atoms with Gasteiger partial charge in [0.2, 0.25) is 5.75 Å². The molecule has 3 aliphatic rings. The number of carbonyl (C=O) groups is 1. The van der Waals surface area contributed by atoms with Crippen LogP contribution in [-0.4, -0.2) is 74.7 Å². The van der Waals surface area contributed by atoms with Crippen molar-refractivity contribution < 1.29 is 14.6 Å². The highest BCUT2D eigenvalue weighted by atomic mass is 16.5. The SMILES string of the molecule is O=C1N(Cc2nc[nH]c(=O)c2O)CC(c2ccc(C#Cc3ccc(CN4CCOCC4)cc3)cc2)N1C1CC1. The predicted octanol–water partition coefficient (Wildman–Crippen LogP) is 2.85. The molecule has 3 fully saturated rings. The molecule has 0 bridgehead atoms. The molecular formula is C30H31N5O4. The number of rotatable bonds is 6. The van der Waals surface area contributed by atoms with Crippen LogP contribution in [0.2, 0.25) is 0 Å². The van der Waals surface area contributed by atoms with Crippen LogP contribution in [0, 0.1) is 11.8 Å². The molecule has 3 heterocycles. The van der Waals surface area contributed by atoms with Gasteiger partial charge in [-0.25, -0.2) is 9.78 Å². The van der Waals surface area contributed by atoms with Crippen molar-refractivity contribution in [2.45, 2.75) is 38.0 Å². The lowest BCUT2D eigenvalue weighted by Crippen LogP contribution is -2.35. The van der Waals surface area contributed by atoms with E-state index in [1.165, 1.54) is 11.9 Å². The minimum atomic E-state index is -0.608. The zero-order chi connectivity index (χ0) is 26.8. The Morgan fingerprint density at radius 3 is 2.28 bits per heavy atom. The maximum absolute atomic E-state index is 13.3. The van der Waals surface area contributed by atoms with E-state index in [4.69, 9.17) is 4.74 Å². The standard InChI is InChI=1S/C30H31N5O4/c36-28-26(31-20-32-29(28)37)18-34-19-27(35(30(34)38)25-11-12-25)24-9-7-22(8-10-24)2-1-21-3-5-23(6-4-21)17-33-13-15-39-16-14-33/h3-10,20,25,27,36H,11-19H2,(H,31,32,37). The summed E-state index contributed by atoms with van der Waals surface area (Å²) in [6.45, 7) is 5.02. The van der Waals surface area contributed by atoms with E-state index < -0.39 is 11.3 Å². The molecule has 2 saturated heterocycles. The molecule has 2 amide bonds. The normalized spacial score (nSPS) is 19.7. The Bertz CT molecular complexity index is 1450. The number of amides is 2. The number of benzene rings is 2. The summed E-state index contributed by atoms with van der Waals surface area (Å²) in [4.78, 5) is 37.4. The fourth-order valence-electron chi connectivity index (χ4n) is 5.20. The molecule has 9 heteroatoms. The highest BCUT2D eigenvalue weighted by molar-refractivity contribution is 5.78. The molecule has 0 radical (unpaired) electrons. The van der Waals surface area contributed by atoms with Gasteiger partial charge in [0.15, 0.2) is 0 Å². The first-order valence-electron chi connectivity index (χ1n) is 13.4. The second kappa shape index (κ2) is 10.9. The van der Waals surface area contributed by atoms with Crippen molar-refractivity contribution in [3.8, 4) is 17.6 Å². The number of morpholine rings is 1. The number of nitrogens with zero attached hydrogens (tertiary/aromatic N) is 4. The molecule has 1 aliphatic carbocycles. The Morgan fingerprint density at radius 1 is 0.949 bits per heavy atom. The smallest absolute Gasteiger partial charge is 0.321 e. The van der Waals surface area contributed by atoms with E-state index in [-0.39, 0.29) is 30.4 Å². The van der Waals surface area contributed by atoms with Crippen molar-refractivity contribution in [2.24, 2.45) is 0 Å². The van der Waals surface area contributed by atoms with Crippen LogP contribution in [0.4, 0.5) is 4.79 Å². The van der Waals surface area contributed by atoms with Crippen LogP contribution in [0.3, 0.4) is 0 Å². The molecule has 1 unspecified atom stereocenters.